The van der Waals surface area contributed by atoms with Crippen LogP contribution in [0.5, 0.6) is 0 Å². The molecule has 1 N–H and O–H groups in total. The molecule has 1 aromatic heterocycles. The van der Waals surface area contributed by atoms with Gasteiger partial charge >= 0.3 is 11.7 Å². The van der Waals surface area contributed by atoms with Gasteiger partial charge < -0.3 is 10.1 Å². The van der Waals surface area contributed by atoms with Gasteiger partial charge in [-0.2, -0.15) is 5.10 Å². The number of rotatable bonds is 5. The van der Waals surface area contributed by atoms with Gasteiger partial charge in [-0.05, 0) is 6.92 Å². The van der Waals surface area contributed by atoms with Gasteiger partial charge in [-0.1, -0.05) is 0 Å². The van der Waals surface area contributed by atoms with Gasteiger partial charge in [0.05, 0.1) is 12.0 Å². The van der Waals surface area contributed by atoms with Crippen LogP contribution in [0.1, 0.15) is 5.69 Å². The number of methoxy groups -OCH3 is 1. The second-order valence-corrected chi connectivity index (χ2v) is 3.38. The maximum absolute atomic E-state index is 11.4. The molecule has 0 saturated heterocycles. The van der Waals surface area contributed by atoms with E-state index in [9.17, 15) is 19.7 Å². The average Bonchev–Trinajstić information content (AvgIpc) is 2.68. The second kappa shape index (κ2) is 5.75. The first-order valence-corrected chi connectivity index (χ1v) is 4.96. The predicted octanol–water partition coefficient (Wildman–Crippen LogP) is -0.611. The minimum atomic E-state index is -0.578. The first-order valence-electron chi connectivity index (χ1n) is 4.96. The van der Waals surface area contributed by atoms with Crippen molar-refractivity contribution in [3.05, 3.63) is 22.0 Å². The van der Waals surface area contributed by atoms with Gasteiger partial charge in [0, 0.05) is 0 Å². The Labute approximate surface area is 102 Å². The summed E-state index contributed by atoms with van der Waals surface area (Å²) in [5, 5.41) is 16.6. The number of carbonyl (C=O) groups is 2. The molecule has 18 heavy (non-hydrogen) atoms. The number of nitrogens with one attached hydrogen (secondary N) is 1. The number of hydrogen-bond donors (Lipinski definition) is 1. The summed E-state index contributed by atoms with van der Waals surface area (Å²) in [6, 6.07) is 0. The molecule has 0 unspecified atom stereocenters. The van der Waals surface area contributed by atoms with Gasteiger partial charge in [0.2, 0.25) is 5.91 Å². The summed E-state index contributed by atoms with van der Waals surface area (Å²) in [5.74, 6) is -1.06. The molecule has 0 fully saturated rings. The van der Waals surface area contributed by atoms with E-state index in [1.54, 1.807) is 0 Å². The number of amides is 1. The van der Waals surface area contributed by atoms with Crippen LogP contribution in [0.3, 0.4) is 0 Å². The molecule has 0 atom stereocenters. The molecule has 98 valence electrons. The van der Waals surface area contributed by atoms with Crippen molar-refractivity contribution >= 4 is 17.6 Å². The van der Waals surface area contributed by atoms with Crippen LogP contribution in [0.15, 0.2) is 6.20 Å². The number of ether oxygens (including phenoxy) is 1. The molecule has 9 nitrogen and oxygen atoms in total. The van der Waals surface area contributed by atoms with Crippen molar-refractivity contribution in [3.63, 3.8) is 0 Å². The van der Waals surface area contributed by atoms with E-state index in [1.807, 2.05) is 0 Å². The van der Waals surface area contributed by atoms with Crippen LogP contribution < -0.4 is 5.32 Å². The van der Waals surface area contributed by atoms with Crippen LogP contribution in [0.2, 0.25) is 0 Å². The Hall–Kier alpha value is -2.45. The summed E-state index contributed by atoms with van der Waals surface area (Å²) in [6.07, 6.45) is 1.07. The van der Waals surface area contributed by atoms with E-state index in [0.717, 1.165) is 6.20 Å². The highest BCUT2D eigenvalue weighted by Crippen LogP contribution is 2.15. The molecule has 0 radical (unpaired) electrons. The van der Waals surface area contributed by atoms with Crippen molar-refractivity contribution in [2.75, 3.05) is 13.7 Å². The lowest BCUT2D eigenvalue weighted by Crippen LogP contribution is -2.33. The van der Waals surface area contributed by atoms with Gasteiger partial charge in [0.15, 0.2) is 0 Å². The fourth-order valence-corrected chi connectivity index (χ4v) is 1.21. The molecule has 0 aliphatic heterocycles. The molecule has 0 spiro atoms. The van der Waals surface area contributed by atoms with Crippen molar-refractivity contribution in [3.8, 4) is 0 Å². The molecule has 9 heteroatoms. The Balaban J connectivity index is 2.60. The largest absolute Gasteiger partial charge is 0.468 e. The molecule has 0 saturated carbocycles. The maximum atomic E-state index is 11.4. The fraction of sp³-hybridized carbons (Fsp3) is 0.444. The molecule has 0 bridgehead atoms. The third kappa shape index (κ3) is 3.27. The molecule has 1 rings (SSSR count). The van der Waals surface area contributed by atoms with E-state index in [-0.39, 0.29) is 24.5 Å². The highest BCUT2D eigenvalue weighted by Gasteiger charge is 2.17. The lowest BCUT2D eigenvalue weighted by molar-refractivity contribution is -0.385. The van der Waals surface area contributed by atoms with E-state index in [2.05, 4.69) is 15.2 Å². The number of esters is 1. The molecular formula is C9H12N4O5. The van der Waals surface area contributed by atoms with E-state index >= 15 is 0 Å². The monoisotopic (exact) mass is 256 g/mol. The lowest BCUT2D eigenvalue weighted by Gasteiger charge is -2.05. The highest BCUT2D eigenvalue weighted by molar-refractivity contribution is 5.81. The molecule has 0 aliphatic carbocycles. The van der Waals surface area contributed by atoms with Crippen LogP contribution in [-0.2, 0) is 20.9 Å². The minimum Gasteiger partial charge on any atom is -0.468 e. The van der Waals surface area contributed by atoms with Crippen LogP contribution in [0.4, 0.5) is 5.69 Å². The van der Waals surface area contributed by atoms with Crippen molar-refractivity contribution < 1.29 is 19.2 Å². The molecule has 1 heterocycles. The Morgan fingerprint density at radius 2 is 2.28 bits per heavy atom. The first-order chi connectivity index (χ1) is 8.45. The standard InChI is InChI=1S/C9H12N4O5/c1-6-7(13(16)17)3-11-12(6)5-8(14)10-4-9(15)18-2/h3H,4-5H2,1-2H3,(H,10,14). The molecule has 1 amide bonds. The quantitative estimate of drug-likeness (QED) is 0.426. The van der Waals surface area contributed by atoms with E-state index < -0.39 is 16.8 Å². The third-order valence-electron chi connectivity index (χ3n) is 2.22. The Morgan fingerprint density at radius 3 is 2.78 bits per heavy atom. The zero-order chi connectivity index (χ0) is 13.7. The van der Waals surface area contributed by atoms with Crippen LogP contribution in [0.25, 0.3) is 0 Å². The summed E-state index contributed by atoms with van der Waals surface area (Å²) in [5.41, 5.74) is 0.115. The van der Waals surface area contributed by atoms with Crippen molar-refractivity contribution in [2.24, 2.45) is 0 Å². The highest BCUT2D eigenvalue weighted by atomic mass is 16.6. The Bertz CT molecular complexity index is 481. The number of nitro groups is 1. The summed E-state index contributed by atoms with van der Waals surface area (Å²) in [4.78, 5) is 32.2. The smallest absolute Gasteiger partial charge is 0.325 e. The summed E-state index contributed by atoms with van der Waals surface area (Å²) in [7, 11) is 1.20. The van der Waals surface area contributed by atoms with E-state index in [1.165, 1.54) is 18.7 Å². The Kier molecular flexibility index (Phi) is 4.35. The summed E-state index contributed by atoms with van der Waals surface area (Å²) in [6.45, 7) is 1.03. The van der Waals surface area contributed by atoms with Gasteiger partial charge in [0.1, 0.15) is 25.0 Å². The summed E-state index contributed by atoms with van der Waals surface area (Å²) >= 11 is 0. The van der Waals surface area contributed by atoms with Crippen LogP contribution in [0, 0.1) is 17.0 Å². The fourth-order valence-electron chi connectivity index (χ4n) is 1.21. The van der Waals surface area contributed by atoms with E-state index in [0.29, 0.717) is 0 Å². The number of nitrogens with zero attached hydrogens (tertiary/aromatic N) is 3. The zero-order valence-corrected chi connectivity index (χ0v) is 9.87. The maximum Gasteiger partial charge on any atom is 0.325 e. The van der Waals surface area contributed by atoms with Crippen LogP contribution in [-0.4, -0.2) is 40.2 Å². The molecule has 0 aliphatic rings. The number of carbonyl (C=O) groups excluding carboxylic acids is 2. The second-order valence-electron chi connectivity index (χ2n) is 3.38. The van der Waals surface area contributed by atoms with Crippen LogP contribution >= 0.6 is 0 Å². The van der Waals surface area contributed by atoms with Crippen molar-refractivity contribution in [2.45, 2.75) is 13.5 Å². The third-order valence-corrected chi connectivity index (χ3v) is 2.22. The number of aromatic nitrogens is 2. The molecule has 0 aromatic carbocycles. The van der Waals surface area contributed by atoms with Gasteiger partial charge in [0.25, 0.3) is 0 Å². The molecule has 1 aromatic rings. The summed E-state index contributed by atoms with van der Waals surface area (Å²) < 4.78 is 5.53. The predicted molar refractivity (Wildman–Crippen MR) is 58.6 cm³/mol. The van der Waals surface area contributed by atoms with E-state index in [4.69, 9.17) is 0 Å². The topological polar surface area (TPSA) is 116 Å². The zero-order valence-electron chi connectivity index (χ0n) is 9.87. The SMILES string of the molecule is COC(=O)CNC(=O)Cn1ncc([N+](=O)[O-])c1C. The first kappa shape index (κ1) is 13.6. The lowest BCUT2D eigenvalue weighted by atomic mass is 10.4. The van der Waals surface area contributed by atoms with Crippen molar-refractivity contribution in [1.29, 1.82) is 0 Å². The minimum absolute atomic E-state index is 0.157. The number of hydrogen-bond acceptors (Lipinski definition) is 6. The Morgan fingerprint density at radius 1 is 1.61 bits per heavy atom. The molecular weight excluding hydrogens is 244 g/mol. The van der Waals surface area contributed by atoms with Gasteiger partial charge in [-0.25, -0.2) is 0 Å². The van der Waals surface area contributed by atoms with Gasteiger partial charge in [-0.15, -0.1) is 0 Å². The van der Waals surface area contributed by atoms with Gasteiger partial charge in [-0.3, -0.25) is 24.4 Å². The normalized spacial score (nSPS) is 9.89. The van der Waals surface area contributed by atoms with Crippen molar-refractivity contribution in [1.82, 2.24) is 15.1 Å². The average molecular weight is 256 g/mol.